The number of rotatable bonds is 3. The molecule has 0 aromatic heterocycles. The van der Waals surface area contributed by atoms with Crippen LogP contribution in [-0.4, -0.2) is 65.9 Å². The zero-order chi connectivity index (χ0) is 21.6. The van der Waals surface area contributed by atoms with Crippen LogP contribution in [0, 0.1) is 11.8 Å². The summed E-state index contributed by atoms with van der Waals surface area (Å²) in [5, 5.41) is 0. The molecule has 2 fully saturated rings. The van der Waals surface area contributed by atoms with Gasteiger partial charge < -0.3 is 14.5 Å². The quantitative estimate of drug-likeness (QED) is 0.703. The summed E-state index contributed by atoms with van der Waals surface area (Å²) in [6, 6.07) is 6.74. The number of carbonyl (C=O) groups excluding carboxylic acids is 4. The van der Waals surface area contributed by atoms with Crippen LogP contribution in [0.4, 0.5) is 5.69 Å². The molecule has 1 aromatic rings. The van der Waals surface area contributed by atoms with Crippen molar-refractivity contribution in [2.24, 2.45) is 11.8 Å². The number of para-hydroxylation sites is 1. The Morgan fingerprint density at radius 3 is 2.50 bits per heavy atom. The third kappa shape index (κ3) is 3.05. The van der Waals surface area contributed by atoms with Gasteiger partial charge in [0.05, 0.1) is 11.3 Å². The SMILES string of the molecule is C[C@@H]1C[C@H](C)CN(C(=O)COC(=O)[C@@]23CCC(=O)N2c2ccccc2C(=O)N3C)C1. The summed E-state index contributed by atoms with van der Waals surface area (Å²) in [6.07, 6.45) is 1.32. The van der Waals surface area contributed by atoms with Gasteiger partial charge in [0.15, 0.2) is 6.61 Å². The molecule has 0 radical (unpaired) electrons. The molecule has 3 aliphatic rings. The molecule has 0 unspecified atom stereocenters. The Kier molecular flexibility index (Phi) is 5.03. The number of carbonyl (C=O) groups is 4. The van der Waals surface area contributed by atoms with Gasteiger partial charge in [0.25, 0.3) is 11.8 Å². The van der Waals surface area contributed by atoms with Crippen LogP contribution in [0.3, 0.4) is 0 Å². The summed E-state index contributed by atoms with van der Waals surface area (Å²) >= 11 is 0. The van der Waals surface area contributed by atoms with Crippen molar-refractivity contribution in [2.75, 3.05) is 31.6 Å². The van der Waals surface area contributed by atoms with Crippen molar-refractivity contribution in [3.8, 4) is 0 Å². The molecule has 3 aliphatic heterocycles. The van der Waals surface area contributed by atoms with Crippen LogP contribution in [-0.2, 0) is 19.1 Å². The van der Waals surface area contributed by atoms with Crippen molar-refractivity contribution in [1.82, 2.24) is 9.80 Å². The lowest BCUT2D eigenvalue weighted by Crippen LogP contribution is -2.67. The number of likely N-dealkylation sites (N-methyl/N-ethyl adjacent to an activating group) is 1. The van der Waals surface area contributed by atoms with Crippen LogP contribution in [0.25, 0.3) is 0 Å². The first-order chi connectivity index (χ1) is 14.3. The van der Waals surface area contributed by atoms with Crippen LogP contribution in [0.2, 0.25) is 0 Å². The molecule has 0 bridgehead atoms. The second-order valence-corrected chi connectivity index (χ2v) is 8.75. The van der Waals surface area contributed by atoms with Gasteiger partial charge in [0, 0.05) is 33.0 Å². The number of hydrogen-bond acceptors (Lipinski definition) is 5. The molecule has 2 saturated heterocycles. The van der Waals surface area contributed by atoms with Gasteiger partial charge in [-0.25, -0.2) is 4.79 Å². The highest BCUT2D eigenvalue weighted by Gasteiger charge is 2.60. The number of piperidine rings is 1. The number of nitrogens with zero attached hydrogens (tertiary/aromatic N) is 3. The minimum atomic E-state index is -1.55. The third-order valence-corrected chi connectivity index (χ3v) is 6.42. The summed E-state index contributed by atoms with van der Waals surface area (Å²) in [7, 11) is 1.50. The number of ether oxygens (including phenoxy) is 1. The van der Waals surface area contributed by atoms with Crippen LogP contribution in [0.5, 0.6) is 0 Å². The smallest absolute Gasteiger partial charge is 0.354 e. The summed E-state index contributed by atoms with van der Waals surface area (Å²) in [5.41, 5.74) is -0.776. The van der Waals surface area contributed by atoms with Crippen molar-refractivity contribution < 1.29 is 23.9 Å². The normalized spacial score (nSPS) is 28.3. The number of hydrogen-bond donors (Lipinski definition) is 0. The van der Waals surface area contributed by atoms with E-state index < -0.39 is 18.2 Å². The molecule has 3 heterocycles. The molecule has 3 amide bonds. The van der Waals surface area contributed by atoms with Crippen molar-refractivity contribution >= 4 is 29.4 Å². The second kappa shape index (κ2) is 7.41. The van der Waals surface area contributed by atoms with E-state index in [4.69, 9.17) is 4.74 Å². The highest BCUT2D eigenvalue weighted by atomic mass is 16.5. The van der Waals surface area contributed by atoms with Gasteiger partial charge in [-0.05, 0) is 30.4 Å². The molecule has 0 spiro atoms. The maximum atomic E-state index is 13.2. The Bertz CT molecular complexity index is 906. The monoisotopic (exact) mass is 413 g/mol. The van der Waals surface area contributed by atoms with E-state index in [0.717, 1.165) is 6.42 Å². The van der Waals surface area contributed by atoms with Crippen molar-refractivity contribution in [3.63, 3.8) is 0 Å². The number of likely N-dealkylation sites (tertiary alicyclic amines) is 1. The predicted molar refractivity (Wildman–Crippen MR) is 108 cm³/mol. The van der Waals surface area contributed by atoms with Gasteiger partial charge in [-0.15, -0.1) is 0 Å². The van der Waals surface area contributed by atoms with Crippen molar-refractivity contribution in [1.29, 1.82) is 0 Å². The molecule has 160 valence electrons. The Hall–Kier alpha value is -2.90. The summed E-state index contributed by atoms with van der Waals surface area (Å²) < 4.78 is 5.44. The summed E-state index contributed by atoms with van der Waals surface area (Å²) in [6.45, 7) is 5.09. The molecular formula is C22H27N3O5. The Balaban J connectivity index is 1.56. The minimum Gasteiger partial charge on any atom is -0.452 e. The second-order valence-electron chi connectivity index (χ2n) is 8.75. The lowest BCUT2D eigenvalue weighted by atomic mass is 9.92. The molecule has 0 N–H and O–H groups in total. The van der Waals surface area contributed by atoms with Gasteiger partial charge in [-0.2, -0.15) is 0 Å². The van der Waals surface area contributed by atoms with Crippen LogP contribution >= 0.6 is 0 Å². The fourth-order valence-corrected chi connectivity index (χ4v) is 5.09. The van der Waals surface area contributed by atoms with E-state index in [1.54, 1.807) is 29.2 Å². The van der Waals surface area contributed by atoms with Gasteiger partial charge in [-0.3, -0.25) is 19.3 Å². The maximum absolute atomic E-state index is 13.2. The third-order valence-electron chi connectivity index (χ3n) is 6.42. The Labute approximate surface area is 175 Å². The van der Waals surface area contributed by atoms with E-state index in [0.29, 0.717) is 36.2 Å². The molecule has 4 rings (SSSR count). The number of benzene rings is 1. The fraction of sp³-hybridized carbons (Fsp3) is 0.545. The highest BCUT2D eigenvalue weighted by Crippen LogP contribution is 2.44. The average Bonchev–Trinajstić information content (AvgIpc) is 3.08. The van der Waals surface area contributed by atoms with Gasteiger partial charge in [0.2, 0.25) is 11.6 Å². The first-order valence-electron chi connectivity index (χ1n) is 10.4. The molecular weight excluding hydrogens is 386 g/mol. The topological polar surface area (TPSA) is 87.2 Å². The number of amides is 3. The number of fused-ring (bicyclic) bond motifs is 3. The highest BCUT2D eigenvalue weighted by molar-refractivity contribution is 6.15. The van der Waals surface area contributed by atoms with E-state index in [-0.39, 0.29) is 30.6 Å². The number of anilines is 1. The van der Waals surface area contributed by atoms with Gasteiger partial charge in [0.1, 0.15) is 0 Å². The Morgan fingerprint density at radius 2 is 1.80 bits per heavy atom. The standard InChI is InChI=1S/C22H27N3O5/c1-14-10-15(2)12-24(11-14)19(27)13-30-21(29)22-9-8-18(26)25(22)17-7-5-4-6-16(17)20(28)23(22)3/h4-7,14-15H,8-13H2,1-3H3/t14-,15+,22-/m1/s1. The maximum Gasteiger partial charge on any atom is 0.354 e. The van der Waals surface area contributed by atoms with E-state index in [2.05, 4.69) is 13.8 Å². The fourth-order valence-electron chi connectivity index (χ4n) is 5.09. The lowest BCUT2D eigenvalue weighted by Gasteiger charge is -2.46. The molecule has 30 heavy (non-hydrogen) atoms. The van der Waals surface area contributed by atoms with E-state index in [9.17, 15) is 19.2 Å². The molecule has 0 aliphatic carbocycles. The molecule has 0 saturated carbocycles. The molecule has 8 nitrogen and oxygen atoms in total. The number of esters is 1. The van der Waals surface area contributed by atoms with Crippen molar-refractivity contribution in [2.45, 2.75) is 38.8 Å². The van der Waals surface area contributed by atoms with Gasteiger partial charge >= 0.3 is 5.97 Å². The van der Waals surface area contributed by atoms with E-state index >= 15 is 0 Å². The zero-order valence-corrected chi connectivity index (χ0v) is 17.6. The molecule has 8 heteroatoms. The Morgan fingerprint density at radius 1 is 1.13 bits per heavy atom. The summed E-state index contributed by atoms with van der Waals surface area (Å²) in [5.74, 6) is -0.797. The van der Waals surface area contributed by atoms with Crippen molar-refractivity contribution in [3.05, 3.63) is 29.8 Å². The first-order valence-corrected chi connectivity index (χ1v) is 10.4. The zero-order valence-electron chi connectivity index (χ0n) is 17.6. The van der Waals surface area contributed by atoms with Crippen LogP contribution in [0.15, 0.2) is 24.3 Å². The predicted octanol–water partition coefficient (Wildman–Crippen LogP) is 1.64. The molecule has 1 aromatic carbocycles. The summed E-state index contributed by atoms with van der Waals surface area (Å²) in [4.78, 5) is 55.9. The van der Waals surface area contributed by atoms with Crippen LogP contribution < -0.4 is 4.90 Å². The first kappa shape index (κ1) is 20.4. The lowest BCUT2D eigenvalue weighted by molar-refractivity contribution is -0.162. The van der Waals surface area contributed by atoms with Gasteiger partial charge in [-0.1, -0.05) is 26.0 Å². The minimum absolute atomic E-state index is 0.121. The molecule has 3 atom stereocenters. The average molecular weight is 413 g/mol. The largest absolute Gasteiger partial charge is 0.452 e. The van der Waals surface area contributed by atoms with Crippen LogP contribution in [0.1, 0.15) is 43.5 Å². The van der Waals surface area contributed by atoms with E-state index in [1.165, 1.54) is 16.8 Å². The van der Waals surface area contributed by atoms with E-state index in [1.807, 2.05) is 0 Å².